The summed E-state index contributed by atoms with van der Waals surface area (Å²) >= 11 is 6.20. The van der Waals surface area contributed by atoms with E-state index in [0.29, 0.717) is 5.92 Å². The number of hydrogen-bond donors (Lipinski definition) is 1. The lowest BCUT2D eigenvalue weighted by Gasteiger charge is -2.30. The van der Waals surface area contributed by atoms with E-state index in [9.17, 15) is 0 Å². The maximum absolute atomic E-state index is 6.20. The molecule has 0 saturated carbocycles. The molecule has 2 heteroatoms. The Morgan fingerprint density at radius 1 is 1.47 bits per heavy atom. The molecule has 1 nitrogen and oxygen atoms in total. The molecular weight excluding hydrogens is 206 g/mol. The first-order valence-corrected chi connectivity index (χ1v) is 5.91. The second-order valence-corrected chi connectivity index (χ2v) is 5.50. The van der Waals surface area contributed by atoms with Crippen LogP contribution in [0.4, 0.5) is 0 Å². The van der Waals surface area contributed by atoms with Crippen LogP contribution < -0.4 is 5.73 Å². The van der Waals surface area contributed by atoms with Crippen molar-refractivity contribution in [2.24, 2.45) is 11.1 Å². The lowest BCUT2D eigenvalue weighted by atomic mass is 9.76. The van der Waals surface area contributed by atoms with Crippen molar-refractivity contribution in [3.05, 3.63) is 34.3 Å². The van der Waals surface area contributed by atoms with Crippen LogP contribution in [0.3, 0.4) is 0 Å². The van der Waals surface area contributed by atoms with Crippen molar-refractivity contribution in [3.8, 4) is 0 Å². The van der Waals surface area contributed by atoms with Crippen LogP contribution in [0.5, 0.6) is 0 Å². The number of halogens is 1. The molecule has 1 aromatic rings. The number of nitrogens with two attached hydrogens (primary N) is 1. The minimum Gasteiger partial charge on any atom is -0.330 e. The molecule has 0 aliphatic heterocycles. The fourth-order valence-electron chi connectivity index (χ4n) is 2.56. The van der Waals surface area contributed by atoms with Gasteiger partial charge in [-0.05, 0) is 47.9 Å². The van der Waals surface area contributed by atoms with E-state index in [-0.39, 0.29) is 5.41 Å². The lowest BCUT2D eigenvalue weighted by molar-refractivity contribution is 0.294. The number of rotatable bonds is 2. The first-order chi connectivity index (χ1) is 7.06. The molecule has 15 heavy (non-hydrogen) atoms. The van der Waals surface area contributed by atoms with Gasteiger partial charge in [0.25, 0.3) is 0 Å². The van der Waals surface area contributed by atoms with E-state index < -0.39 is 0 Å². The van der Waals surface area contributed by atoms with Crippen molar-refractivity contribution < 1.29 is 0 Å². The Bertz CT molecular complexity index is 371. The van der Waals surface area contributed by atoms with Crippen molar-refractivity contribution in [1.82, 2.24) is 0 Å². The Balaban J connectivity index is 2.41. The van der Waals surface area contributed by atoms with Gasteiger partial charge in [-0.2, -0.15) is 0 Å². The maximum Gasteiger partial charge on any atom is 0.0440 e. The van der Waals surface area contributed by atoms with Crippen LogP contribution in [-0.2, 0) is 6.42 Å². The highest BCUT2D eigenvalue weighted by molar-refractivity contribution is 6.31. The number of benzene rings is 1. The zero-order chi connectivity index (χ0) is 11.1. The van der Waals surface area contributed by atoms with Crippen LogP contribution in [0.15, 0.2) is 18.2 Å². The molecule has 0 heterocycles. The average Bonchev–Trinajstić information content (AvgIpc) is 2.63. The summed E-state index contributed by atoms with van der Waals surface area (Å²) in [6, 6.07) is 6.24. The number of fused-ring (bicyclic) bond motifs is 1. The van der Waals surface area contributed by atoms with Gasteiger partial charge >= 0.3 is 0 Å². The zero-order valence-electron chi connectivity index (χ0n) is 9.39. The molecule has 2 N–H and O–H groups in total. The molecule has 0 radical (unpaired) electrons. The fourth-order valence-corrected chi connectivity index (χ4v) is 2.84. The van der Waals surface area contributed by atoms with Crippen molar-refractivity contribution in [2.45, 2.75) is 32.6 Å². The van der Waals surface area contributed by atoms with E-state index in [2.05, 4.69) is 19.9 Å². The molecule has 1 unspecified atom stereocenters. The lowest BCUT2D eigenvalue weighted by Crippen LogP contribution is -2.29. The molecule has 0 aromatic heterocycles. The third-order valence-electron chi connectivity index (χ3n) is 3.68. The quantitative estimate of drug-likeness (QED) is 0.818. The van der Waals surface area contributed by atoms with E-state index in [4.69, 9.17) is 17.3 Å². The smallest absolute Gasteiger partial charge is 0.0440 e. The van der Waals surface area contributed by atoms with Gasteiger partial charge in [-0.1, -0.05) is 37.6 Å². The SMILES string of the molecule is CC(C)(CN)C1CCc2c(Cl)cccc21. The van der Waals surface area contributed by atoms with E-state index in [1.165, 1.54) is 17.5 Å². The molecule has 2 rings (SSSR count). The largest absolute Gasteiger partial charge is 0.330 e. The minimum absolute atomic E-state index is 0.177. The molecule has 82 valence electrons. The molecule has 0 amide bonds. The second-order valence-electron chi connectivity index (χ2n) is 5.09. The minimum atomic E-state index is 0.177. The highest BCUT2D eigenvalue weighted by Gasteiger charge is 2.35. The first-order valence-electron chi connectivity index (χ1n) is 5.53. The first kappa shape index (κ1) is 11.0. The molecule has 1 aromatic carbocycles. The van der Waals surface area contributed by atoms with E-state index in [0.717, 1.165) is 18.0 Å². The summed E-state index contributed by atoms with van der Waals surface area (Å²) in [5.74, 6) is 0.566. The fraction of sp³-hybridized carbons (Fsp3) is 0.538. The van der Waals surface area contributed by atoms with Crippen LogP contribution in [0.25, 0.3) is 0 Å². The molecular formula is C13H18ClN. The monoisotopic (exact) mass is 223 g/mol. The third kappa shape index (κ3) is 1.79. The Kier molecular flexibility index (Phi) is 2.78. The van der Waals surface area contributed by atoms with Gasteiger partial charge in [0.15, 0.2) is 0 Å². The molecule has 0 fully saturated rings. The maximum atomic E-state index is 6.20. The molecule has 1 aliphatic carbocycles. The molecule has 1 atom stereocenters. The summed E-state index contributed by atoms with van der Waals surface area (Å²) in [6.45, 7) is 5.21. The number of hydrogen-bond acceptors (Lipinski definition) is 1. The van der Waals surface area contributed by atoms with Crippen molar-refractivity contribution in [2.75, 3.05) is 6.54 Å². The van der Waals surface area contributed by atoms with E-state index >= 15 is 0 Å². The summed E-state index contributed by atoms with van der Waals surface area (Å²) in [5, 5.41) is 0.919. The Labute approximate surface area is 96.6 Å². The van der Waals surface area contributed by atoms with Crippen LogP contribution >= 0.6 is 11.6 Å². The van der Waals surface area contributed by atoms with Crippen LogP contribution in [0, 0.1) is 5.41 Å². The Morgan fingerprint density at radius 3 is 2.87 bits per heavy atom. The molecule has 0 spiro atoms. The topological polar surface area (TPSA) is 26.0 Å². The van der Waals surface area contributed by atoms with Gasteiger partial charge in [0.2, 0.25) is 0 Å². The summed E-state index contributed by atoms with van der Waals surface area (Å²) in [6.07, 6.45) is 2.28. The summed E-state index contributed by atoms with van der Waals surface area (Å²) < 4.78 is 0. The van der Waals surface area contributed by atoms with Crippen molar-refractivity contribution >= 4 is 11.6 Å². The molecule has 0 saturated heterocycles. The normalized spacial score (nSPS) is 20.4. The van der Waals surface area contributed by atoms with Gasteiger partial charge < -0.3 is 5.73 Å². The average molecular weight is 224 g/mol. The second kappa shape index (κ2) is 3.80. The third-order valence-corrected chi connectivity index (χ3v) is 4.04. The van der Waals surface area contributed by atoms with Gasteiger partial charge in [-0.3, -0.25) is 0 Å². The highest BCUT2D eigenvalue weighted by atomic mass is 35.5. The van der Waals surface area contributed by atoms with Gasteiger partial charge in [0, 0.05) is 5.02 Å². The van der Waals surface area contributed by atoms with Crippen LogP contribution in [0.1, 0.15) is 37.3 Å². The standard InChI is InChI=1S/C13H18ClN/c1-13(2,8-15)11-7-6-10-9(11)4-3-5-12(10)14/h3-5,11H,6-8,15H2,1-2H3. The predicted octanol–water partition coefficient (Wildman–Crippen LogP) is 3.35. The van der Waals surface area contributed by atoms with Crippen molar-refractivity contribution in [3.63, 3.8) is 0 Å². The summed E-state index contributed by atoms with van der Waals surface area (Å²) in [7, 11) is 0. The van der Waals surface area contributed by atoms with Crippen LogP contribution in [-0.4, -0.2) is 6.54 Å². The van der Waals surface area contributed by atoms with E-state index in [1.54, 1.807) is 0 Å². The summed E-state index contributed by atoms with van der Waals surface area (Å²) in [5.41, 5.74) is 8.78. The Morgan fingerprint density at radius 2 is 2.20 bits per heavy atom. The predicted molar refractivity (Wildman–Crippen MR) is 65.3 cm³/mol. The summed E-state index contributed by atoms with van der Waals surface area (Å²) in [4.78, 5) is 0. The van der Waals surface area contributed by atoms with Crippen molar-refractivity contribution in [1.29, 1.82) is 0 Å². The van der Waals surface area contributed by atoms with Gasteiger partial charge in [-0.25, -0.2) is 0 Å². The van der Waals surface area contributed by atoms with Gasteiger partial charge in [0.1, 0.15) is 0 Å². The van der Waals surface area contributed by atoms with Gasteiger partial charge in [-0.15, -0.1) is 0 Å². The molecule has 1 aliphatic rings. The Hall–Kier alpha value is -0.530. The van der Waals surface area contributed by atoms with Gasteiger partial charge in [0.05, 0.1) is 0 Å². The highest BCUT2D eigenvalue weighted by Crippen LogP contribution is 2.46. The zero-order valence-corrected chi connectivity index (χ0v) is 10.1. The van der Waals surface area contributed by atoms with E-state index in [1.807, 2.05) is 12.1 Å². The molecule has 0 bridgehead atoms. The van der Waals surface area contributed by atoms with Crippen LogP contribution in [0.2, 0.25) is 5.02 Å².